The van der Waals surface area contributed by atoms with Crippen LogP contribution in [0.3, 0.4) is 0 Å². The van der Waals surface area contributed by atoms with Crippen molar-refractivity contribution in [1.29, 1.82) is 0 Å². The summed E-state index contributed by atoms with van der Waals surface area (Å²) in [5.74, 6) is 0.913. The normalized spacial score (nSPS) is 13.4. The number of halogens is 3. The quantitative estimate of drug-likeness (QED) is 0.378. The van der Waals surface area contributed by atoms with Crippen LogP contribution in [-0.4, -0.2) is 33.5 Å². The SMILES string of the molecule is CCCCOc1ccc(NC(=O)NCCn2nc(-c3cccc(C(F)(F)F)c3)n(C3CC3)c2=O)cc1. The van der Waals surface area contributed by atoms with Crippen molar-refractivity contribution < 1.29 is 22.7 Å². The molecule has 2 N–H and O–H groups in total. The number of carbonyl (C=O) groups is 1. The summed E-state index contributed by atoms with van der Waals surface area (Å²) >= 11 is 0. The zero-order valence-electron chi connectivity index (χ0n) is 19.8. The van der Waals surface area contributed by atoms with Crippen molar-refractivity contribution >= 4 is 11.7 Å². The van der Waals surface area contributed by atoms with E-state index in [2.05, 4.69) is 22.7 Å². The fraction of sp³-hybridized carbons (Fsp3) is 0.400. The van der Waals surface area contributed by atoms with E-state index in [1.807, 2.05) is 0 Å². The molecule has 2 aromatic carbocycles. The lowest BCUT2D eigenvalue weighted by Crippen LogP contribution is -2.34. The number of ether oxygens (including phenoxy) is 1. The number of benzene rings is 2. The van der Waals surface area contributed by atoms with E-state index in [4.69, 9.17) is 4.74 Å². The first-order chi connectivity index (χ1) is 17.3. The molecule has 1 fully saturated rings. The summed E-state index contributed by atoms with van der Waals surface area (Å²) < 4.78 is 47.7. The molecule has 0 radical (unpaired) electrons. The number of carbonyl (C=O) groups excluding carboxylic acids is 1. The predicted octanol–water partition coefficient (Wildman–Crippen LogP) is 5.07. The lowest BCUT2D eigenvalue weighted by atomic mass is 10.1. The molecule has 1 aromatic heterocycles. The maximum atomic E-state index is 13.2. The van der Waals surface area contributed by atoms with Gasteiger partial charge in [-0.3, -0.25) is 4.57 Å². The van der Waals surface area contributed by atoms with Gasteiger partial charge in [0.05, 0.1) is 18.7 Å². The van der Waals surface area contributed by atoms with Gasteiger partial charge in [0.2, 0.25) is 0 Å². The first kappa shape index (κ1) is 25.3. The molecular formula is C25H28F3N5O3. The van der Waals surface area contributed by atoms with Crippen molar-refractivity contribution in [2.45, 2.75) is 51.4 Å². The molecule has 0 spiro atoms. The number of anilines is 1. The molecule has 0 bridgehead atoms. The Bertz CT molecular complexity index is 1250. The second kappa shape index (κ2) is 10.9. The molecule has 36 heavy (non-hydrogen) atoms. The molecule has 2 amide bonds. The van der Waals surface area contributed by atoms with E-state index in [1.165, 1.54) is 21.4 Å². The second-order valence-electron chi connectivity index (χ2n) is 8.62. The summed E-state index contributed by atoms with van der Waals surface area (Å²) in [7, 11) is 0. The third-order valence-electron chi connectivity index (χ3n) is 5.72. The van der Waals surface area contributed by atoms with E-state index in [0.717, 1.165) is 43.6 Å². The number of nitrogens with zero attached hydrogens (tertiary/aromatic N) is 3. The smallest absolute Gasteiger partial charge is 0.416 e. The Labute approximate surface area is 206 Å². The Morgan fingerprint density at radius 1 is 1.17 bits per heavy atom. The number of hydrogen-bond donors (Lipinski definition) is 2. The van der Waals surface area contributed by atoms with Gasteiger partial charge in [0.15, 0.2) is 5.82 Å². The van der Waals surface area contributed by atoms with Crippen LogP contribution in [0.4, 0.5) is 23.7 Å². The van der Waals surface area contributed by atoms with Crippen LogP contribution in [0.15, 0.2) is 53.3 Å². The number of rotatable bonds is 10. The molecule has 11 heteroatoms. The van der Waals surface area contributed by atoms with E-state index in [-0.39, 0.29) is 30.5 Å². The van der Waals surface area contributed by atoms with Crippen LogP contribution in [0.5, 0.6) is 5.75 Å². The largest absolute Gasteiger partial charge is 0.494 e. The van der Waals surface area contributed by atoms with E-state index in [9.17, 15) is 22.8 Å². The standard InChI is InChI=1S/C25H28F3N5O3/c1-2-3-15-36-21-11-7-19(8-12-21)30-23(34)29-13-14-32-24(35)33(20-9-10-20)22(31-32)17-5-4-6-18(16-17)25(26,27)28/h4-8,11-12,16,20H,2-3,9-10,13-15H2,1H3,(H2,29,30,34). The fourth-order valence-corrected chi connectivity index (χ4v) is 3.68. The van der Waals surface area contributed by atoms with Gasteiger partial charge in [-0.15, -0.1) is 5.10 Å². The lowest BCUT2D eigenvalue weighted by molar-refractivity contribution is -0.137. The zero-order valence-corrected chi connectivity index (χ0v) is 19.8. The van der Waals surface area contributed by atoms with Crippen molar-refractivity contribution in [3.8, 4) is 17.1 Å². The van der Waals surface area contributed by atoms with Gasteiger partial charge in [-0.25, -0.2) is 14.3 Å². The molecule has 1 aliphatic rings. The van der Waals surface area contributed by atoms with Crippen LogP contribution in [0.2, 0.25) is 0 Å². The van der Waals surface area contributed by atoms with E-state index < -0.39 is 23.5 Å². The average molecular weight is 504 g/mol. The number of hydrogen-bond acceptors (Lipinski definition) is 4. The summed E-state index contributed by atoms with van der Waals surface area (Å²) in [6.07, 6.45) is -0.963. The van der Waals surface area contributed by atoms with Crippen LogP contribution in [-0.2, 0) is 12.7 Å². The minimum Gasteiger partial charge on any atom is -0.494 e. The van der Waals surface area contributed by atoms with E-state index >= 15 is 0 Å². The molecule has 8 nitrogen and oxygen atoms in total. The summed E-state index contributed by atoms with van der Waals surface area (Å²) in [4.78, 5) is 25.2. The van der Waals surface area contributed by atoms with Crippen molar-refractivity contribution in [3.63, 3.8) is 0 Å². The van der Waals surface area contributed by atoms with Crippen molar-refractivity contribution in [3.05, 3.63) is 64.6 Å². The molecule has 3 aromatic rings. The van der Waals surface area contributed by atoms with Gasteiger partial charge >= 0.3 is 17.9 Å². The second-order valence-corrected chi connectivity index (χ2v) is 8.62. The third kappa shape index (κ3) is 6.27. The molecular weight excluding hydrogens is 475 g/mol. The number of alkyl halides is 3. The Kier molecular flexibility index (Phi) is 7.66. The van der Waals surface area contributed by atoms with E-state index in [0.29, 0.717) is 12.3 Å². The topological polar surface area (TPSA) is 90.2 Å². The number of aromatic nitrogens is 3. The van der Waals surface area contributed by atoms with Crippen molar-refractivity contribution in [2.75, 3.05) is 18.5 Å². The molecule has 1 heterocycles. The van der Waals surface area contributed by atoms with Gasteiger partial charge in [0, 0.05) is 23.8 Å². The Hall–Kier alpha value is -3.76. The Balaban J connectivity index is 1.38. The number of amides is 2. The summed E-state index contributed by atoms with van der Waals surface area (Å²) in [6.45, 7) is 2.89. The highest BCUT2D eigenvalue weighted by molar-refractivity contribution is 5.89. The minimum absolute atomic E-state index is 0.0716. The highest BCUT2D eigenvalue weighted by Crippen LogP contribution is 2.37. The van der Waals surface area contributed by atoms with E-state index in [1.54, 1.807) is 24.3 Å². The van der Waals surface area contributed by atoms with Crippen molar-refractivity contribution in [2.24, 2.45) is 0 Å². The molecule has 4 rings (SSSR count). The average Bonchev–Trinajstić information content (AvgIpc) is 3.63. The van der Waals surface area contributed by atoms with Crippen LogP contribution in [0.25, 0.3) is 11.4 Å². The molecule has 1 saturated carbocycles. The molecule has 0 aliphatic heterocycles. The Morgan fingerprint density at radius 2 is 1.92 bits per heavy atom. The van der Waals surface area contributed by atoms with Gasteiger partial charge < -0.3 is 15.4 Å². The Morgan fingerprint density at radius 3 is 2.58 bits per heavy atom. The number of nitrogens with one attached hydrogen (secondary N) is 2. The third-order valence-corrected chi connectivity index (χ3v) is 5.72. The van der Waals surface area contributed by atoms with Crippen LogP contribution >= 0.6 is 0 Å². The van der Waals surface area contributed by atoms with Crippen molar-refractivity contribution in [1.82, 2.24) is 19.7 Å². The van der Waals surface area contributed by atoms with Crippen LogP contribution < -0.4 is 21.1 Å². The summed E-state index contributed by atoms with van der Waals surface area (Å²) in [5.41, 5.74) is -0.410. The minimum atomic E-state index is -4.50. The summed E-state index contributed by atoms with van der Waals surface area (Å²) in [6, 6.07) is 11.2. The van der Waals surface area contributed by atoms with Gasteiger partial charge in [0.1, 0.15) is 5.75 Å². The number of unbranched alkanes of at least 4 members (excludes halogenated alkanes) is 1. The maximum absolute atomic E-state index is 13.2. The molecule has 0 atom stereocenters. The van der Waals surface area contributed by atoms with Crippen LogP contribution in [0.1, 0.15) is 44.2 Å². The predicted molar refractivity (Wildman–Crippen MR) is 129 cm³/mol. The van der Waals surface area contributed by atoms with Gasteiger partial charge in [-0.2, -0.15) is 13.2 Å². The molecule has 192 valence electrons. The highest BCUT2D eigenvalue weighted by atomic mass is 19.4. The monoisotopic (exact) mass is 503 g/mol. The van der Waals surface area contributed by atoms with Gasteiger partial charge in [0.25, 0.3) is 0 Å². The molecule has 0 saturated heterocycles. The lowest BCUT2D eigenvalue weighted by Gasteiger charge is -2.09. The first-order valence-electron chi connectivity index (χ1n) is 11.9. The highest BCUT2D eigenvalue weighted by Gasteiger charge is 2.33. The maximum Gasteiger partial charge on any atom is 0.416 e. The fourth-order valence-electron chi connectivity index (χ4n) is 3.68. The molecule has 1 aliphatic carbocycles. The molecule has 0 unspecified atom stereocenters. The summed E-state index contributed by atoms with van der Waals surface area (Å²) in [5, 5.41) is 9.67. The zero-order chi connectivity index (χ0) is 25.7. The van der Waals surface area contributed by atoms with Gasteiger partial charge in [-0.1, -0.05) is 25.5 Å². The van der Waals surface area contributed by atoms with Crippen LogP contribution in [0, 0.1) is 0 Å². The first-order valence-corrected chi connectivity index (χ1v) is 11.9. The number of urea groups is 1. The van der Waals surface area contributed by atoms with Gasteiger partial charge in [-0.05, 0) is 55.7 Å².